The molecule has 2 aliphatic rings. The van der Waals surface area contributed by atoms with E-state index >= 15 is 0 Å². The van der Waals surface area contributed by atoms with Gasteiger partial charge in [-0.2, -0.15) is 4.31 Å². The second kappa shape index (κ2) is 8.49. The summed E-state index contributed by atoms with van der Waals surface area (Å²) in [5, 5.41) is 0. The Morgan fingerprint density at radius 1 is 1.00 bits per heavy atom. The first-order chi connectivity index (χ1) is 12.1. The van der Waals surface area contributed by atoms with E-state index in [1.54, 1.807) is 4.31 Å². The standard InChI is InChI=1S/C18H29N3O3S/c1-17-5-2-3-6-18(17)20-8-10-21(11-9-20)25(22,23)16-4-7-19-12-14-24-15-13-19/h2-3,5-6H,4,7-16H2,1H3. The first-order valence-electron chi connectivity index (χ1n) is 9.15. The number of benzene rings is 1. The summed E-state index contributed by atoms with van der Waals surface area (Å²) in [6.45, 7) is 8.95. The van der Waals surface area contributed by atoms with E-state index in [0.29, 0.717) is 19.5 Å². The van der Waals surface area contributed by atoms with Crippen LogP contribution in [0.2, 0.25) is 0 Å². The number of nitrogens with zero attached hydrogens (tertiary/aromatic N) is 3. The Labute approximate surface area is 151 Å². The summed E-state index contributed by atoms with van der Waals surface area (Å²) in [4.78, 5) is 4.57. The summed E-state index contributed by atoms with van der Waals surface area (Å²) in [6, 6.07) is 8.29. The number of hydrogen-bond acceptors (Lipinski definition) is 5. The third-order valence-corrected chi connectivity index (χ3v) is 7.03. The molecule has 2 fully saturated rings. The fraction of sp³-hybridized carbons (Fsp3) is 0.667. The molecular formula is C18H29N3O3S. The average molecular weight is 368 g/mol. The first-order valence-corrected chi connectivity index (χ1v) is 10.8. The summed E-state index contributed by atoms with van der Waals surface area (Å²) < 4.78 is 32.2. The lowest BCUT2D eigenvalue weighted by Gasteiger charge is -2.36. The van der Waals surface area contributed by atoms with Gasteiger partial charge in [0.1, 0.15) is 0 Å². The Bertz CT molecular complexity index is 651. The van der Waals surface area contributed by atoms with Gasteiger partial charge in [-0.1, -0.05) is 18.2 Å². The van der Waals surface area contributed by atoms with Crippen LogP contribution in [-0.2, 0) is 14.8 Å². The number of para-hydroxylation sites is 1. The summed E-state index contributed by atoms with van der Waals surface area (Å²) in [7, 11) is -3.15. The van der Waals surface area contributed by atoms with Crippen LogP contribution in [-0.4, -0.2) is 82.4 Å². The second-order valence-corrected chi connectivity index (χ2v) is 8.88. The Morgan fingerprint density at radius 2 is 1.68 bits per heavy atom. The Kier molecular flexibility index (Phi) is 6.33. The molecule has 2 aliphatic heterocycles. The van der Waals surface area contributed by atoms with Crippen molar-refractivity contribution in [3.63, 3.8) is 0 Å². The molecule has 0 bridgehead atoms. The molecule has 140 valence electrons. The van der Waals surface area contributed by atoms with Gasteiger partial charge in [-0.05, 0) is 31.5 Å². The highest BCUT2D eigenvalue weighted by Crippen LogP contribution is 2.21. The lowest BCUT2D eigenvalue weighted by atomic mass is 10.1. The predicted octanol–water partition coefficient (Wildman–Crippen LogP) is 1.17. The number of rotatable bonds is 6. The first kappa shape index (κ1) is 18.6. The van der Waals surface area contributed by atoms with Crippen molar-refractivity contribution in [2.75, 3.05) is 69.7 Å². The van der Waals surface area contributed by atoms with Crippen LogP contribution >= 0.6 is 0 Å². The second-order valence-electron chi connectivity index (χ2n) is 6.80. The number of morpholine rings is 1. The van der Waals surface area contributed by atoms with Gasteiger partial charge in [0, 0.05) is 45.0 Å². The zero-order valence-electron chi connectivity index (χ0n) is 15.1. The Morgan fingerprint density at radius 3 is 2.36 bits per heavy atom. The van der Waals surface area contributed by atoms with Crippen molar-refractivity contribution in [1.29, 1.82) is 0 Å². The third-order valence-electron chi connectivity index (χ3n) is 5.07. The van der Waals surface area contributed by atoms with Crippen LogP contribution in [0, 0.1) is 6.92 Å². The Hall–Kier alpha value is -1.15. The van der Waals surface area contributed by atoms with E-state index in [4.69, 9.17) is 4.74 Å². The normalized spacial score (nSPS) is 20.8. The number of sulfonamides is 1. The maximum absolute atomic E-state index is 12.6. The zero-order valence-corrected chi connectivity index (χ0v) is 15.9. The minimum absolute atomic E-state index is 0.245. The van der Waals surface area contributed by atoms with Crippen molar-refractivity contribution in [2.24, 2.45) is 0 Å². The van der Waals surface area contributed by atoms with Gasteiger partial charge in [-0.15, -0.1) is 0 Å². The lowest BCUT2D eigenvalue weighted by Crippen LogP contribution is -2.49. The fourth-order valence-corrected chi connectivity index (χ4v) is 5.02. The van der Waals surface area contributed by atoms with Gasteiger partial charge in [-0.25, -0.2) is 8.42 Å². The molecule has 2 saturated heterocycles. The predicted molar refractivity (Wildman–Crippen MR) is 101 cm³/mol. The molecule has 0 radical (unpaired) electrons. The summed E-state index contributed by atoms with van der Waals surface area (Å²) in [6.07, 6.45) is 0.695. The van der Waals surface area contributed by atoms with Gasteiger partial charge in [0.25, 0.3) is 0 Å². The maximum Gasteiger partial charge on any atom is 0.214 e. The van der Waals surface area contributed by atoms with Gasteiger partial charge >= 0.3 is 0 Å². The topological polar surface area (TPSA) is 53.1 Å². The van der Waals surface area contributed by atoms with Crippen LogP contribution in [0.15, 0.2) is 24.3 Å². The summed E-state index contributed by atoms with van der Waals surface area (Å²) >= 11 is 0. The highest BCUT2D eigenvalue weighted by Gasteiger charge is 2.27. The molecule has 2 heterocycles. The highest BCUT2D eigenvalue weighted by atomic mass is 32.2. The molecule has 0 aromatic heterocycles. The molecule has 0 amide bonds. The lowest BCUT2D eigenvalue weighted by molar-refractivity contribution is 0.0380. The summed E-state index contributed by atoms with van der Waals surface area (Å²) in [5.41, 5.74) is 2.45. The quantitative estimate of drug-likeness (QED) is 0.755. The highest BCUT2D eigenvalue weighted by molar-refractivity contribution is 7.89. The molecule has 0 atom stereocenters. The average Bonchev–Trinajstić information content (AvgIpc) is 2.63. The summed E-state index contributed by atoms with van der Waals surface area (Å²) in [5.74, 6) is 0.245. The van der Waals surface area contributed by atoms with Crippen molar-refractivity contribution >= 4 is 15.7 Å². The number of aryl methyl sites for hydroxylation is 1. The van der Waals surface area contributed by atoms with E-state index < -0.39 is 10.0 Å². The zero-order chi connectivity index (χ0) is 17.7. The minimum Gasteiger partial charge on any atom is -0.379 e. The molecule has 0 N–H and O–H groups in total. The van der Waals surface area contributed by atoms with Crippen LogP contribution in [0.25, 0.3) is 0 Å². The number of hydrogen-bond donors (Lipinski definition) is 0. The van der Waals surface area contributed by atoms with Crippen molar-refractivity contribution in [3.8, 4) is 0 Å². The SMILES string of the molecule is Cc1ccccc1N1CCN(S(=O)(=O)CCCN2CCOCC2)CC1. The van der Waals surface area contributed by atoms with Crippen molar-refractivity contribution in [3.05, 3.63) is 29.8 Å². The van der Waals surface area contributed by atoms with E-state index in [2.05, 4.69) is 28.9 Å². The molecule has 0 aliphatic carbocycles. The molecule has 0 saturated carbocycles. The molecule has 1 aromatic carbocycles. The van der Waals surface area contributed by atoms with Crippen LogP contribution in [0.1, 0.15) is 12.0 Å². The van der Waals surface area contributed by atoms with Crippen LogP contribution in [0.3, 0.4) is 0 Å². The van der Waals surface area contributed by atoms with Gasteiger partial charge < -0.3 is 9.64 Å². The monoisotopic (exact) mass is 367 g/mol. The van der Waals surface area contributed by atoms with Crippen molar-refractivity contribution in [2.45, 2.75) is 13.3 Å². The van der Waals surface area contributed by atoms with Gasteiger partial charge in [0.2, 0.25) is 10.0 Å². The maximum atomic E-state index is 12.6. The van der Waals surface area contributed by atoms with E-state index in [1.165, 1.54) is 11.3 Å². The fourth-order valence-electron chi connectivity index (χ4n) is 3.55. The molecule has 7 heteroatoms. The Balaban J connectivity index is 1.47. The molecule has 3 rings (SSSR count). The number of ether oxygens (including phenoxy) is 1. The molecule has 6 nitrogen and oxygen atoms in total. The molecular weight excluding hydrogens is 338 g/mol. The van der Waals surface area contributed by atoms with Crippen LogP contribution < -0.4 is 4.90 Å². The van der Waals surface area contributed by atoms with E-state index in [9.17, 15) is 8.42 Å². The van der Waals surface area contributed by atoms with Crippen molar-refractivity contribution < 1.29 is 13.2 Å². The van der Waals surface area contributed by atoms with Gasteiger partial charge in [-0.3, -0.25) is 4.90 Å². The number of anilines is 1. The van der Waals surface area contributed by atoms with Gasteiger partial charge in [0.05, 0.1) is 19.0 Å². The van der Waals surface area contributed by atoms with Crippen LogP contribution in [0.5, 0.6) is 0 Å². The van der Waals surface area contributed by atoms with E-state index in [-0.39, 0.29) is 5.75 Å². The molecule has 25 heavy (non-hydrogen) atoms. The van der Waals surface area contributed by atoms with Crippen LogP contribution in [0.4, 0.5) is 5.69 Å². The largest absolute Gasteiger partial charge is 0.379 e. The third kappa shape index (κ3) is 4.94. The smallest absolute Gasteiger partial charge is 0.214 e. The number of piperazine rings is 1. The van der Waals surface area contributed by atoms with E-state index in [0.717, 1.165) is 45.9 Å². The minimum atomic E-state index is -3.15. The van der Waals surface area contributed by atoms with Gasteiger partial charge in [0.15, 0.2) is 0 Å². The molecule has 1 aromatic rings. The van der Waals surface area contributed by atoms with Crippen molar-refractivity contribution in [1.82, 2.24) is 9.21 Å². The molecule has 0 spiro atoms. The molecule has 0 unspecified atom stereocenters. The van der Waals surface area contributed by atoms with E-state index in [1.807, 2.05) is 12.1 Å².